The summed E-state index contributed by atoms with van der Waals surface area (Å²) < 4.78 is 18.9. The van der Waals surface area contributed by atoms with E-state index in [-0.39, 0.29) is 11.1 Å². The average Bonchev–Trinajstić information content (AvgIpc) is 3.15. The van der Waals surface area contributed by atoms with E-state index in [1.54, 1.807) is 11.6 Å². The van der Waals surface area contributed by atoms with Crippen LogP contribution in [0.5, 0.6) is 11.5 Å². The maximum absolute atomic E-state index is 13.3. The van der Waals surface area contributed by atoms with Gasteiger partial charge < -0.3 is 24.4 Å². The average molecular weight is 485 g/mol. The van der Waals surface area contributed by atoms with Crippen molar-refractivity contribution in [2.45, 2.75) is 20.8 Å². The van der Waals surface area contributed by atoms with E-state index in [4.69, 9.17) is 25.8 Å². The fourth-order valence-electron chi connectivity index (χ4n) is 3.93. The number of hydrogen-bond donors (Lipinski definition) is 1. The van der Waals surface area contributed by atoms with E-state index in [1.807, 2.05) is 56.3 Å². The molecule has 0 unspecified atom stereocenters. The molecular weight excluding hydrogens is 456 g/mol. The molecule has 1 N–H and O–H groups in total. The quantitative estimate of drug-likeness (QED) is 0.498. The Kier molecular flexibility index (Phi) is 7.59. The third kappa shape index (κ3) is 4.98. The van der Waals surface area contributed by atoms with Crippen LogP contribution < -0.4 is 19.7 Å². The molecule has 0 aliphatic carbocycles. The number of halogens is 1. The lowest BCUT2D eigenvalue weighted by atomic mass is 10.2. The number of hydrogen-bond acceptors (Lipinski definition) is 6. The van der Waals surface area contributed by atoms with Crippen molar-refractivity contribution in [2.24, 2.45) is 0 Å². The van der Waals surface area contributed by atoms with Gasteiger partial charge >= 0.3 is 0 Å². The fourth-order valence-corrected chi connectivity index (χ4v) is 4.28. The summed E-state index contributed by atoms with van der Waals surface area (Å²) in [6, 6.07) is 13.2. The van der Waals surface area contributed by atoms with E-state index in [9.17, 15) is 4.79 Å². The molecule has 2 heterocycles. The molecule has 8 nitrogen and oxygen atoms in total. The van der Waals surface area contributed by atoms with Crippen LogP contribution in [0.2, 0.25) is 5.15 Å². The van der Waals surface area contributed by atoms with Crippen LogP contribution in [0.15, 0.2) is 42.5 Å². The number of nitrogens with one attached hydrogen (secondary N) is 1. The van der Waals surface area contributed by atoms with E-state index in [0.717, 1.165) is 24.5 Å². The number of nitrogens with zero attached hydrogens (tertiary/aromatic N) is 3. The lowest BCUT2D eigenvalue weighted by Crippen LogP contribution is -2.36. The molecule has 2 aromatic carbocycles. The predicted molar refractivity (Wildman–Crippen MR) is 133 cm³/mol. The van der Waals surface area contributed by atoms with Crippen molar-refractivity contribution in [3.05, 3.63) is 58.9 Å². The van der Waals surface area contributed by atoms with Crippen LogP contribution in [0.1, 0.15) is 29.9 Å². The van der Waals surface area contributed by atoms with Crippen molar-refractivity contribution < 1.29 is 19.0 Å². The van der Waals surface area contributed by atoms with E-state index in [1.165, 1.54) is 0 Å². The van der Waals surface area contributed by atoms with Gasteiger partial charge in [0.2, 0.25) is 0 Å². The smallest absolute Gasteiger partial charge is 0.260 e. The normalized spacial score (nSPS) is 13.6. The van der Waals surface area contributed by atoms with Crippen LogP contribution in [0.4, 0.5) is 11.4 Å². The van der Waals surface area contributed by atoms with Gasteiger partial charge in [-0.25, -0.2) is 4.68 Å². The zero-order chi connectivity index (χ0) is 24.1. The minimum Gasteiger partial charge on any atom is -0.492 e. The molecule has 1 aromatic heterocycles. The largest absolute Gasteiger partial charge is 0.492 e. The summed E-state index contributed by atoms with van der Waals surface area (Å²) in [7, 11) is 0. The van der Waals surface area contributed by atoms with Crippen molar-refractivity contribution in [3.8, 4) is 17.2 Å². The van der Waals surface area contributed by atoms with Gasteiger partial charge in [-0.05, 0) is 32.9 Å². The number of benzene rings is 2. The first-order valence-corrected chi connectivity index (χ1v) is 11.8. The van der Waals surface area contributed by atoms with Crippen LogP contribution in [-0.2, 0) is 4.74 Å². The molecule has 1 fully saturated rings. The molecule has 0 atom stereocenters. The number of morpholine rings is 1. The van der Waals surface area contributed by atoms with Crippen molar-refractivity contribution in [1.29, 1.82) is 0 Å². The number of anilines is 2. The van der Waals surface area contributed by atoms with E-state index >= 15 is 0 Å². The highest BCUT2D eigenvalue weighted by Gasteiger charge is 2.24. The molecule has 4 rings (SSSR count). The molecule has 1 saturated heterocycles. The Hall–Kier alpha value is -3.23. The summed E-state index contributed by atoms with van der Waals surface area (Å²) in [5.74, 6) is 0.864. The molecule has 1 aliphatic heterocycles. The number of para-hydroxylation sites is 1. The van der Waals surface area contributed by atoms with E-state index < -0.39 is 0 Å². The second-order valence-electron chi connectivity index (χ2n) is 7.73. The van der Waals surface area contributed by atoms with Crippen LogP contribution in [0, 0.1) is 6.92 Å². The van der Waals surface area contributed by atoms with Gasteiger partial charge in [-0.15, -0.1) is 0 Å². The fraction of sp³-hybridized carbons (Fsp3) is 0.360. The standard InChI is InChI=1S/C25H29ClN4O4/c1-4-33-21-16-20(29-11-13-32-14-12-29)22(34-5-2)15-19(21)27-25(31)23-17(3)28-30(24(23)26)18-9-7-6-8-10-18/h6-10,15-16H,4-5,11-14H2,1-3H3,(H,27,31). The molecule has 3 aromatic rings. The van der Waals surface area contributed by atoms with Gasteiger partial charge in [-0.3, -0.25) is 4.79 Å². The maximum Gasteiger partial charge on any atom is 0.260 e. The van der Waals surface area contributed by atoms with Gasteiger partial charge in [-0.2, -0.15) is 5.10 Å². The Labute approximate surface area is 204 Å². The summed E-state index contributed by atoms with van der Waals surface area (Å²) in [6.45, 7) is 9.35. The highest BCUT2D eigenvalue weighted by Crippen LogP contribution is 2.40. The summed E-state index contributed by atoms with van der Waals surface area (Å²) >= 11 is 6.60. The lowest BCUT2D eigenvalue weighted by Gasteiger charge is -2.31. The molecule has 9 heteroatoms. The van der Waals surface area contributed by atoms with Crippen molar-refractivity contribution >= 4 is 28.9 Å². The van der Waals surface area contributed by atoms with Crippen molar-refractivity contribution in [1.82, 2.24) is 9.78 Å². The molecule has 1 aliphatic rings. The van der Waals surface area contributed by atoms with E-state index in [2.05, 4.69) is 15.3 Å². The minimum absolute atomic E-state index is 0.245. The molecule has 1 amide bonds. The topological polar surface area (TPSA) is 77.8 Å². The summed E-state index contributed by atoms with van der Waals surface area (Å²) in [5.41, 5.74) is 3.04. The van der Waals surface area contributed by atoms with Crippen molar-refractivity contribution in [3.63, 3.8) is 0 Å². The monoisotopic (exact) mass is 484 g/mol. The number of ether oxygens (including phenoxy) is 3. The predicted octanol–water partition coefficient (Wildman–Crippen LogP) is 4.72. The number of rotatable bonds is 8. The van der Waals surface area contributed by atoms with Gasteiger partial charge in [-0.1, -0.05) is 29.8 Å². The highest BCUT2D eigenvalue weighted by molar-refractivity contribution is 6.34. The Morgan fingerprint density at radius 2 is 1.76 bits per heavy atom. The van der Waals surface area contributed by atoms with Gasteiger partial charge in [0.1, 0.15) is 22.2 Å². The van der Waals surface area contributed by atoms with Crippen LogP contribution >= 0.6 is 11.6 Å². The highest BCUT2D eigenvalue weighted by atomic mass is 35.5. The second kappa shape index (κ2) is 10.8. The molecule has 34 heavy (non-hydrogen) atoms. The summed E-state index contributed by atoms with van der Waals surface area (Å²) in [5, 5.41) is 7.68. The maximum atomic E-state index is 13.3. The number of aryl methyl sites for hydroxylation is 1. The molecule has 0 radical (unpaired) electrons. The Morgan fingerprint density at radius 1 is 1.09 bits per heavy atom. The number of carbonyl (C=O) groups is 1. The zero-order valence-electron chi connectivity index (χ0n) is 19.6. The van der Waals surface area contributed by atoms with Gasteiger partial charge in [0.15, 0.2) is 0 Å². The number of amides is 1. The molecule has 0 bridgehead atoms. The third-order valence-electron chi connectivity index (χ3n) is 5.49. The first kappa shape index (κ1) is 23.9. The number of aromatic nitrogens is 2. The Bertz CT molecular complexity index is 1140. The second-order valence-corrected chi connectivity index (χ2v) is 8.09. The zero-order valence-corrected chi connectivity index (χ0v) is 20.4. The SMILES string of the molecule is CCOc1cc(N2CCOCC2)c(OCC)cc1NC(=O)c1c(C)nn(-c2ccccc2)c1Cl. The first-order chi connectivity index (χ1) is 16.5. The Balaban J connectivity index is 1.68. The van der Waals surface area contributed by atoms with Gasteiger partial charge in [0.05, 0.1) is 49.2 Å². The van der Waals surface area contributed by atoms with E-state index in [0.29, 0.717) is 54.9 Å². The molecule has 180 valence electrons. The Morgan fingerprint density at radius 3 is 2.44 bits per heavy atom. The van der Waals surface area contributed by atoms with Crippen molar-refractivity contribution in [2.75, 3.05) is 49.7 Å². The summed E-state index contributed by atoms with van der Waals surface area (Å²) in [6.07, 6.45) is 0. The molecular formula is C25H29ClN4O4. The van der Waals surface area contributed by atoms with Gasteiger partial charge in [0, 0.05) is 25.2 Å². The van der Waals surface area contributed by atoms with Crippen LogP contribution in [0.3, 0.4) is 0 Å². The van der Waals surface area contributed by atoms with Crippen LogP contribution in [0.25, 0.3) is 5.69 Å². The molecule has 0 saturated carbocycles. The third-order valence-corrected chi connectivity index (χ3v) is 5.84. The van der Waals surface area contributed by atoms with Crippen LogP contribution in [-0.4, -0.2) is 55.2 Å². The lowest BCUT2D eigenvalue weighted by molar-refractivity contribution is 0.102. The molecule has 0 spiro atoms. The van der Waals surface area contributed by atoms with Gasteiger partial charge in [0.25, 0.3) is 5.91 Å². The number of carbonyl (C=O) groups excluding carboxylic acids is 1. The minimum atomic E-state index is -0.368. The summed E-state index contributed by atoms with van der Waals surface area (Å²) in [4.78, 5) is 15.5. The first-order valence-electron chi connectivity index (χ1n) is 11.4.